The highest BCUT2D eigenvalue weighted by Crippen LogP contribution is 2.04. The molecular formula is C14H29N3O2. The van der Waals surface area contributed by atoms with Crippen LogP contribution in [0.4, 0.5) is 0 Å². The van der Waals surface area contributed by atoms with Gasteiger partial charge >= 0.3 is 0 Å². The maximum atomic E-state index is 11.7. The molecular weight excluding hydrogens is 242 g/mol. The van der Waals surface area contributed by atoms with Crippen molar-refractivity contribution >= 4 is 11.8 Å². The summed E-state index contributed by atoms with van der Waals surface area (Å²) in [6.07, 6.45) is 2.23. The van der Waals surface area contributed by atoms with E-state index in [4.69, 9.17) is 0 Å². The highest BCUT2D eigenvalue weighted by Gasteiger charge is 2.15. The summed E-state index contributed by atoms with van der Waals surface area (Å²) in [5.74, 6) is 0.0584. The SMILES string of the molecule is CCC(C)N(CCC(=O)NCCCN(C)C)C(C)=O. The zero-order chi connectivity index (χ0) is 14.8. The van der Waals surface area contributed by atoms with Crippen LogP contribution in [0.15, 0.2) is 0 Å². The molecule has 5 heteroatoms. The van der Waals surface area contributed by atoms with E-state index in [0.29, 0.717) is 19.5 Å². The number of nitrogens with one attached hydrogen (secondary N) is 1. The van der Waals surface area contributed by atoms with E-state index >= 15 is 0 Å². The van der Waals surface area contributed by atoms with Gasteiger partial charge in [-0.2, -0.15) is 0 Å². The van der Waals surface area contributed by atoms with E-state index in [0.717, 1.165) is 19.4 Å². The maximum Gasteiger partial charge on any atom is 0.221 e. The zero-order valence-corrected chi connectivity index (χ0v) is 13.0. The van der Waals surface area contributed by atoms with Gasteiger partial charge in [-0.25, -0.2) is 0 Å². The molecule has 1 atom stereocenters. The number of hydrogen-bond acceptors (Lipinski definition) is 3. The lowest BCUT2D eigenvalue weighted by Crippen LogP contribution is -2.39. The Hall–Kier alpha value is -1.10. The molecule has 0 radical (unpaired) electrons. The minimum absolute atomic E-state index is 0.0216. The molecule has 0 heterocycles. The van der Waals surface area contributed by atoms with Crippen LogP contribution in [0, 0.1) is 0 Å². The summed E-state index contributed by atoms with van der Waals surface area (Å²) in [5.41, 5.74) is 0. The van der Waals surface area contributed by atoms with Gasteiger partial charge in [-0.1, -0.05) is 6.92 Å². The third-order valence-corrected chi connectivity index (χ3v) is 3.21. The van der Waals surface area contributed by atoms with Crippen LogP contribution in [-0.2, 0) is 9.59 Å². The van der Waals surface area contributed by atoms with Gasteiger partial charge < -0.3 is 15.1 Å². The summed E-state index contributed by atoms with van der Waals surface area (Å²) in [4.78, 5) is 27.0. The van der Waals surface area contributed by atoms with Crippen LogP contribution in [0.25, 0.3) is 0 Å². The van der Waals surface area contributed by atoms with Crippen LogP contribution < -0.4 is 5.32 Å². The molecule has 1 unspecified atom stereocenters. The van der Waals surface area contributed by atoms with Crippen LogP contribution in [0.3, 0.4) is 0 Å². The van der Waals surface area contributed by atoms with Crippen LogP contribution in [-0.4, -0.2) is 61.4 Å². The number of carbonyl (C=O) groups is 2. The van der Waals surface area contributed by atoms with E-state index < -0.39 is 0 Å². The highest BCUT2D eigenvalue weighted by atomic mass is 16.2. The van der Waals surface area contributed by atoms with Gasteiger partial charge in [-0.3, -0.25) is 9.59 Å². The summed E-state index contributed by atoms with van der Waals surface area (Å²) in [6.45, 7) is 7.77. The first-order valence-electron chi connectivity index (χ1n) is 7.07. The summed E-state index contributed by atoms with van der Waals surface area (Å²) in [7, 11) is 4.03. The Bertz CT molecular complexity index is 280. The number of carbonyl (C=O) groups excluding carboxylic acids is 2. The largest absolute Gasteiger partial charge is 0.356 e. The third kappa shape index (κ3) is 8.59. The number of nitrogens with zero attached hydrogens (tertiary/aromatic N) is 2. The second-order valence-electron chi connectivity index (χ2n) is 5.23. The van der Waals surface area contributed by atoms with Crippen LogP contribution in [0.1, 0.15) is 40.0 Å². The smallest absolute Gasteiger partial charge is 0.221 e. The Kier molecular flexibility index (Phi) is 9.21. The molecule has 0 bridgehead atoms. The van der Waals surface area contributed by atoms with Crippen LogP contribution in [0.2, 0.25) is 0 Å². The van der Waals surface area contributed by atoms with Crippen molar-refractivity contribution in [3.63, 3.8) is 0 Å². The van der Waals surface area contributed by atoms with E-state index in [1.54, 1.807) is 11.8 Å². The zero-order valence-electron chi connectivity index (χ0n) is 13.0. The quantitative estimate of drug-likeness (QED) is 0.639. The monoisotopic (exact) mass is 271 g/mol. The molecule has 0 rings (SSSR count). The molecule has 2 amide bonds. The van der Waals surface area contributed by atoms with Crippen molar-refractivity contribution < 1.29 is 9.59 Å². The normalized spacial score (nSPS) is 12.3. The van der Waals surface area contributed by atoms with Crippen molar-refractivity contribution in [3.8, 4) is 0 Å². The fraction of sp³-hybridized carbons (Fsp3) is 0.857. The fourth-order valence-corrected chi connectivity index (χ4v) is 1.84. The van der Waals surface area contributed by atoms with Crippen LogP contribution >= 0.6 is 0 Å². The maximum absolute atomic E-state index is 11.7. The lowest BCUT2D eigenvalue weighted by atomic mass is 10.2. The standard InChI is InChI=1S/C14H29N3O2/c1-6-12(2)17(13(3)18)11-8-14(19)15-9-7-10-16(4)5/h12H,6-11H2,1-5H3,(H,15,19). The Labute approximate surface area is 117 Å². The lowest BCUT2D eigenvalue weighted by Gasteiger charge is -2.27. The fourth-order valence-electron chi connectivity index (χ4n) is 1.84. The molecule has 19 heavy (non-hydrogen) atoms. The van der Waals surface area contributed by atoms with E-state index in [2.05, 4.69) is 10.2 Å². The highest BCUT2D eigenvalue weighted by molar-refractivity contribution is 5.78. The summed E-state index contributed by atoms with van der Waals surface area (Å²) in [5, 5.41) is 2.89. The van der Waals surface area contributed by atoms with Crippen molar-refractivity contribution in [1.29, 1.82) is 0 Å². The summed E-state index contributed by atoms with van der Waals surface area (Å²) >= 11 is 0. The van der Waals surface area contributed by atoms with Gasteiger partial charge in [0.15, 0.2) is 0 Å². The molecule has 0 spiro atoms. The molecule has 0 saturated heterocycles. The molecule has 1 N–H and O–H groups in total. The van der Waals surface area contributed by atoms with Gasteiger partial charge in [-0.05, 0) is 40.4 Å². The molecule has 0 aromatic rings. The first kappa shape index (κ1) is 17.9. The second kappa shape index (κ2) is 9.78. The molecule has 0 fully saturated rings. The molecule has 0 aliphatic heterocycles. The molecule has 0 aliphatic rings. The van der Waals surface area contributed by atoms with Gasteiger partial charge in [0.25, 0.3) is 0 Å². The van der Waals surface area contributed by atoms with E-state index in [-0.39, 0.29) is 17.9 Å². The molecule has 0 saturated carbocycles. The Morgan fingerprint density at radius 3 is 2.32 bits per heavy atom. The van der Waals surface area contributed by atoms with Gasteiger partial charge in [0, 0.05) is 32.5 Å². The third-order valence-electron chi connectivity index (χ3n) is 3.21. The number of amides is 2. The number of hydrogen-bond donors (Lipinski definition) is 1. The molecule has 0 aliphatic carbocycles. The predicted molar refractivity (Wildman–Crippen MR) is 77.9 cm³/mol. The Morgan fingerprint density at radius 2 is 1.84 bits per heavy atom. The van der Waals surface area contributed by atoms with Crippen molar-refractivity contribution in [2.75, 3.05) is 33.7 Å². The Balaban J connectivity index is 3.89. The second-order valence-corrected chi connectivity index (χ2v) is 5.23. The van der Waals surface area contributed by atoms with Gasteiger partial charge in [0.2, 0.25) is 11.8 Å². The van der Waals surface area contributed by atoms with E-state index in [1.165, 1.54) is 0 Å². The predicted octanol–water partition coefficient (Wildman–Crippen LogP) is 1.09. The summed E-state index contributed by atoms with van der Waals surface area (Å²) < 4.78 is 0. The minimum Gasteiger partial charge on any atom is -0.356 e. The van der Waals surface area contributed by atoms with E-state index in [9.17, 15) is 9.59 Å². The van der Waals surface area contributed by atoms with Crippen molar-refractivity contribution in [2.24, 2.45) is 0 Å². The van der Waals surface area contributed by atoms with Gasteiger partial charge in [0.1, 0.15) is 0 Å². The van der Waals surface area contributed by atoms with Crippen molar-refractivity contribution in [3.05, 3.63) is 0 Å². The van der Waals surface area contributed by atoms with Crippen molar-refractivity contribution in [2.45, 2.75) is 46.1 Å². The first-order chi connectivity index (χ1) is 8.88. The molecule has 0 aromatic carbocycles. The number of rotatable bonds is 9. The topological polar surface area (TPSA) is 52.7 Å². The first-order valence-corrected chi connectivity index (χ1v) is 7.07. The summed E-state index contributed by atoms with van der Waals surface area (Å²) in [6, 6.07) is 0.194. The van der Waals surface area contributed by atoms with E-state index in [1.807, 2.05) is 27.9 Å². The lowest BCUT2D eigenvalue weighted by molar-refractivity contribution is -0.131. The van der Waals surface area contributed by atoms with Gasteiger partial charge in [-0.15, -0.1) is 0 Å². The molecule has 0 aromatic heterocycles. The minimum atomic E-state index is 0.0216. The Morgan fingerprint density at radius 1 is 1.21 bits per heavy atom. The van der Waals surface area contributed by atoms with Gasteiger partial charge in [0.05, 0.1) is 0 Å². The average molecular weight is 271 g/mol. The average Bonchev–Trinajstić information content (AvgIpc) is 2.33. The van der Waals surface area contributed by atoms with Crippen LogP contribution in [0.5, 0.6) is 0 Å². The molecule has 112 valence electrons. The van der Waals surface area contributed by atoms with Crippen molar-refractivity contribution in [1.82, 2.24) is 15.1 Å². The molecule has 5 nitrogen and oxygen atoms in total.